The lowest BCUT2D eigenvalue weighted by molar-refractivity contribution is -0.276. The van der Waals surface area contributed by atoms with E-state index in [1.54, 1.807) is 14.2 Å². The van der Waals surface area contributed by atoms with E-state index in [1.165, 1.54) is 51.4 Å². The van der Waals surface area contributed by atoms with Gasteiger partial charge in [0.1, 0.15) is 97.7 Å². The molecule has 31 nitrogen and oxygen atoms in total. The Hall–Kier alpha value is -1.24. The molecule has 20 rings (SSSR count). The van der Waals surface area contributed by atoms with Crippen LogP contribution in [0.4, 0.5) is 0 Å². The summed E-state index contributed by atoms with van der Waals surface area (Å²) in [5.41, 5.74) is 0. The van der Waals surface area contributed by atoms with Crippen molar-refractivity contribution in [1.82, 2.24) is 0 Å². The van der Waals surface area contributed by atoms with E-state index in [0.29, 0.717) is 78.6 Å². The topological polar surface area (TPSA) is 286 Å². The minimum absolute atomic E-state index is 0.0820. The van der Waals surface area contributed by atoms with Gasteiger partial charge in [0.15, 0.2) is 96.6 Å². The van der Waals surface area contributed by atoms with Crippen LogP contribution in [0.3, 0.4) is 0 Å². The second-order valence-electron chi connectivity index (χ2n) is 40.2. The summed E-state index contributed by atoms with van der Waals surface area (Å²) in [6, 6.07) is 0. The highest BCUT2D eigenvalue weighted by Gasteiger charge is 2.68. The third kappa shape index (κ3) is 23.1. The zero-order chi connectivity index (χ0) is 87.0. The van der Waals surface area contributed by atoms with Crippen molar-refractivity contribution in [3.63, 3.8) is 0 Å². The second-order valence-corrected chi connectivity index (χ2v) is 40.2. The second kappa shape index (κ2) is 43.6. The molecule has 12 saturated heterocycles. The van der Waals surface area contributed by atoms with E-state index in [0.717, 1.165) is 205 Å². The van der Waals surface area contributed by atoms with Crippen molar-refractivity contribution in [2.75, 3.05) is 86.9 Å². The summed E-state index contributed by atoms with van der Waals surface area (Å²) >= 11 is 0. The van der Waals surface area contributed by atoms with Crippen molar-refractivity contribution >= 4 is 0 Å². The fraction of sp³-hybridized carbons (Fsp3) is 1.00. The van der Waals surface area contributed by atoms with Gasteiger partial charge in [-0.05, 0) is 150 Å². The van der Waals surface area contributed by atoms with Gasteiger partial charge < -0.3 is 147 Å². The summed E-state index contributed by atoms with van der Waals surface area (Å²) in [5, 5.41) is 0. The molecule has 0 N–H and O–H groups in total. The lowest BCUT2D eigenvalue weighted by Crippen LogP contribution is -2.47. The monoisotopic (exact) mass is 1800 g/mol. The third-order valence-corrected chi connectivity index (χ3v) is 29.6. The summed E-state index contributed by atoms with van der Waals surface area (Å²) in [4.78, 5) is 0. The Morgan fingerprint density at radius 1 is 0.246 bits per heavy atom. The summed E-state index contributed by atoms with van der Waals surface area (Å²) in [6.07, 6.45) is 35.3. The van der Waals surface area contributed by atoms with Crippen molar-refractivity contribution in [1.29, 1.82) is 0 Å². The predicted octanol–water partition coefficient (Wildman–Crippen LogP) is 14.8. The molecule has 20 fully saturated rings. The Kier molecular flexibility index (Phi) is 33.4. The molecule has 8 aliphatic carbocycles. The van der Waals surface area contributed by atoms with E-state index in [1.807, 2.05) is 41.5 Å². The van der Waals surface area contributed by atoms with Gasteiger partial charge in [0.2, 0.25) is 0 Å². The average Bonchev–Trinajstić information content (AvgIpc) is 1.60. The number of hydrogen-bond donors (Lipinski definition) is 0. The van der Waals surface area contributed by atoms with Gasteiger partial charge in [-0.15, -0.1) is 0 Å². The Morgan fingerprint density at radius 2 is 0.484 bits per heavy atom. The van der Waals surface area contributed by atoms with Crippen molar-refractivity contribution in [3.8, 4) is 0 Å². The fourth-order valence-corrected chi connectivity index (χ4v) is 23.5. The SMILES string of the molecule is CC(C)COC(C)O[C@@H]1[C@H]2OC3(CCCCC3)O[C@H]2O[C@@H]1C1COC2(CCCCC2)O1.CC(C)OC(C)O[C@@H]1[C@H]2OC3(CCCCC3)O[C@H]2O[C@@H]1C1COC2(CCCCC2)O1.COCCOC(C)O[C@@H]1[C@H]2OC3(CCCCC3)O[C@H]2O[C@@H]1C1COC2(CCCCC2)O1.COCCOCCOC(C)O[C@@H]1[C@H]2OC3(CCCCC3)O[C@H]2O[C@@H]1C1COC2(CCCCC2)O1. The van der Waals surface area contributed by atoms with E-state index in [9.17, 15) is 0 Å². The molecule has 0 bridgehead atoms. The number of hydrogen-bond acceptors (Lipinski definition) is 31. The summed E-state index contributed by atoms with van der Waals surface area (Å²) in [6.45, 7) is 21.7. The zero-order valence-corrected chi connectivity index (χ0v) is 77.7. The standard InChI is InChI=1S/C25H42O9.C24H40O7.C23H38O8.C23H38O7/c1-18(28-16-15-27-14-13-26-2)30-21-20(19-17-29-24(32-19)9-5-3-6-10-24)31-23-22(21)33-25(34-23)11-7-4-8-12-25;1-16(2)14-25-17(3)27-20-19(18-15-26-23(29-18)10-6-4-7-11-23)28-22-21(20)30-24(31-22)12-8-5-9-13-24;1-16(25-14-13-24-2)27-19-18(17-15-26-22(29-17)9-5-3-6-10-22)28-21-20(19)30-23(31-21)11-7-4-8-12-23;1-15(2)25-16(3)26-19-18(17-14-24-22(28-17)10-6-4-7-11-22)27-21-20(19)29-23(30-21)12-8-5-9-13-23/h18-23H,3-17H2,1-2H3;16-22H,4-15H2,1-3H3;16-21H,3-15H2,1-2H3;15-21H,4-14H2,1-3H3/t18?,19?,20-,21+,22-,23-;17?,18?,19-,20+,21-,22-;2*16?,17?,18-,19+,20-,21-/m1111/s1. The van der Waals surface area contributed by atoms with Crippen LogP contribution in [0.25, 0.3) is 0 Å². The number of rotatable bonds is 28. The summed E-state index contributed by atoms with van der Waals surface area (Å²) in [5.74, 6) is -3.47. The molecule has 0 aromatic rings. The Bertz CT molecular complexity index is 3240. The molecule has 0 aromatic carbocycles. The number of fused-ring (bicyclic) bond motifs is 4. The normalized spacial score (nSPS) is 39.5. The minimum Gasteiger partial charge on any atom is -0.382 e. The molecule has 0 radical (unpaired) electrons. The van der Waals surface area contributed by atoms with Crippen LogP contribution in [-0.2, 0) is 147 Å². The first-order valence-corrected chi connectivity index (χ1v) is 50.2. The molecule has 724 valence electrons. The van der Waals surface area contributed by atoms with E-state index in [-0.39, 0.29) is 116 Å². The maximum atomic E-state index is 6.56. The predicted molar refractivity (Wildman–Crippen MR) is 449 cm³/mol. The maximum absolute atomic E-state index is 6.56. The van der Waals surface area contributed by atoms with Crippen LogP contribution in [0.15, 0.2) is 0 Å². The van der Waals surface area contributed by atoms with Crippen LogP contribution in [0, 0.1) is 5.92 Å². The van der Waals surface area contributed by atoms with Crippen LogP contribution in [-0.4, -0.2) is 287 Å². The van der Waals surface area contributed by atoms with Crippen LogP contribution in [0.1, 0.15) is 312 Å². The number of methoxy groups -OCH3 is 2. The van der Waals surface area contributed by atoms with Crippen molar-refractivity contribution in [3.05, 3.63) is 0 Å². The van der Waals surface area contributed by atoms with E-state index < -0.39 is 84.0 Å². The van der Waals surface area contributed by atoms with Gasteiger partial charge in [-0.25, -0.2) is 0 Å². The van der Waals surface area contributed by atoms with Crippen LogP contribution in [0.2, 0.25) is 0 Å². The van der Waals surface area contributed by atoms with Gasteiger partial charge in [-0.1, -0.05) is 65.2 Å². The highest BCUT2D eigenvalue weighted by molar-refractivity contribution is 5.07. The van der Waals surface area contributed by atoms with Gasteiger partial charge in [-0.3, -0.25) is 0 Å². The van der Waals surface area contributed by atoms with Gasteiger partial charge >= 0.3 is 0 Å². The molecule has 31 heteroatoms. The van der Waals surface area contributed by atoms with Gasteiger partial charge in [-0.2, -0.15) is 0 Å². The van der Waals surface area contributed by atoms with E-state index in [4.69, 9.17) is 147 Å². The fourth-order valence-electron chi connectivity index (χ4n) is 23.5. The first-order chi connectivity index (χ1) is 61.2. The van der Waals surface area contributed by atoms with Crippen LogP contribution >= 0.6 is 0 Å². The lowest BCUT2D eigenvalue weighted by atomic mass is 9.94. The molecular formula is C95H158O31. The van der Waals surface area contributed by atoms with Gasteiger partial charge in [0, 0.05) is 117 Å². The maximum Gasteiger partial charge on any atom is 0.190 e. The molecule has 8 spiro atoms. The minimum atomic E-state index is -0.545. The molecule has 8 saturated carbocycles. The molecule has 12 aliphatic heterocycles. The van der Waals surface area contributed by atoms with Crippen LogP contribution in [0.5, 0.6) is 0 Å². The third-order valence-electron chi connectivity index (χ3n) is 29.6. The molecule has 12 heterocycles. The smallest absolute Gasteiger partial charge is 0.190 e. The molecule has 8 unspecified atom stereocenters. The first kappa shape index (κ1) is 96.4. The Labute approximate surface area is 748 Å². The molecule has 0 amide bonds. The molecule has 24 atom stereocenters. The quantitative estimate of drug-likeness (QED) is 0.0519. The highest BCUT2D eigenvalue weighted by Crippen LogP contribution is 2.55. The van der Waals surface area contributed by atoms with Crippen molar-refractivity contribution < 1.29 is 147 Å². The van der Waals surface area contributed by atoms with E-state index >= 15 is 0 Å². The van der Waals surface area contributed by atoms with Gasteiger partial charge in [0.05, 0.1) is 78.8 Å². The molecular weight excluding hydrogens is 1640 g/mol. The Morgan fingerprint density at radius 3 is 0.746 bits per heavy atom. The first-order valence-electron chi connectivity index (χ1n) is 50.2. The van der Waals surface area contributed by atoms with Crippen LogP contribution < -0.4 is 0 Å². The highest BCUT2D eigenvalue weighted by atomic mass is 16.9. The molecule has 0 aromatic heterocycles. The summed E-state index contributed by atoms with van der Waals surface area (Å²) in [7, 11) is 3.32. The largest absolute Gasteiger partial charge is 0.382 e. The summed E-state index contributed by atoms with van der Waals surface area (Å²) < 4.78 is 193. The van der Waals surface area contributed by atoms with Crippen molar-refractivity contribution in [2.24, 2.45) is 5.92 Å². The van der Waals surface area contributed by atoms with Gasteiger partial charge in [0.25, 0.3) is 0 Å². The number of ether oxygens (including phenoxy) is 31. The lowest BCUT2D eigenvalue weighted by Gasteiger charge is -2.36. The van der Waals surface area contributed by atoms with Crippen molar-refractivity contribution in [2.45, 2.75) is 513 Å². The molecule has 20 aliphatic rings. The Balaban J connectivity index is 0.000000119. The van der Waals surface area contributed by atoms with E-state index in [2.05, 4.69) is 13.8 Å². The molecule has 126 heavy (non-hydrogen) atoms. The zero-order valence-electron chi connectivity index (χ0n) is 77.7. The average molecular weight is 1800 g/mol.